The smallest absolute Gasteiger partial charge is 0.248 e. The molecule has 3 rings (SSSR count). The zero-order valence-electron chi connectivity index (χ0n) is 16.2. The molecule has 1 saturated heterocycles. The van der Waals surface area contributed by atoms with Gasteiger partial charge in [0.2, 0.25) is 15.9 Å². The summed E-state index contributed by atoms with van der Waals surface area (Å²) in [6.07, 6.45) is -0.383. The molecule has 7 heteroatoms. The lowest BCUT2D eigenvalue weighted by molar-refractivity contribution is -0.149. The zero-order valence-corrected chi connectivity index (χ0v) is 17.0. The van der Waals surface area contributed by atoms with Gasteiger partial charge in [-0.2, -0.15) is 0 Å². The lowest BCUT2D eigenvalue weighted by Crippen LogP contribution is -2.50. The molecule has 1 heterocycles. The first kappa shape index (κ1) is 20.5. The number of amides is 1. The number of nitrogens with zero attached hydrogens (tertiary/aromatic N) is 1. The molecule has 0 spiro atoms. The van der Waals surface area contributed by atoms with Gasteiger partial charge in [-0.05, 0) is 29.2 Å². The second-order valence-electron chi connectivity index (χ2n) is 7.27. The number of sulfonamides is 1. The quantitative estimate of drug-likeness (QED) is 0.772. The van der Waals surface area contributed by atoms with Crippen LogP contribution in [0.1, 0.15) is 30.9 Å². The van der Waals surface area contributed by atoms with Crippen molar-refractivity contribution in [1.29, 1.82) is 0 Å². The number of hydrogen-bond acceptors (Lipinski definition) is 4. The van der Waals surface area contributed by atoms with Gasteiger partial charge >= 0.3 is 0 Å². The summed E-state index contributed by atoms with van der Waals surface area (Å²) in [5.74, 6) is 0.251. The van der Waals surface area contributed by atoms with E-state index in [0.717, 1.165) is 11.1 Å². The summed E-state index contributed by atoms with van der Waals surface area (Å²) >= 11 is 0. The molecule has 1 N–H and O–H groups in total. The molecule has 2 aromatic carbocycles. The van der Waals surface area contributed by atoms with E-state index >= 15 is 0 Å². The lowest BCUT2D eigenvalue weighted by atomic mass is 10.0. The second kappa shape index (κ2) is 8.86. The Morgan fingerprint density at radius 3 is 2.43 bits per heavy atom. The van der Waals surface area contributed by atoms with E-state index in [1.165, 1.54) is 0 Å². The van der Waals surface area contributed by atoms with Crippen LogP contribution in [0, 0.1) is 0 Å². The molecule has 1 unspecified atom stereocenters. The standard InChI is InChI=1S/C21H26N2O4S/c1-16(2)18-8-10-20(11-9-18)28(25,26)22-12-19-14-23(21(24)15-27-19)13-17-6-4-3-5-7-17/h3-11,16,19,22H,12-15H2,1-2H3. The van der Waals surface area contributed by atoms with Gasteiger partial charge in [0.15, 0.2) is 0 Å². The van der Waals surface area contributed by atoms with Gasteiger partial charge in [0.1, 0.15) is 6.61 Å². The van der Waals surface area contributed by atoms with Crippen molar-refractivity contribution >= 4 is 15.9 Å². The summed E-state index contributed by atoms with van der Waals surface area (Å²) in [5, 5.41) is 0. The molecular formula is C21H26N2O4S. The molecule has 0 aromatic heterocycles. The Hall–Kier alpha value is -2.22. The van der Waals surface area contributed by atoms with E-state index in [1.807, 2.05) is 42.5 Å². The van der Waals surface area contributed by atoms with Gasteiger partial charge in [-0.25, -0.2) is 13.1 Å². The molecule has 1 amide bonds. The number of nitrogens with one attached hydrogen (secondary N) is 1. The van der Waals surface area contributed by atoms with Crippen LogP contribution in [0.25, 0.3) is 0 Å². The van der Waals surface area contributed by atoms with Crippen LogP contribution in [0.5, 0.6) is 0 Å². The molecule has 0 saturated carbocycles. The molecule has 0 radical (unpaired) electrons. The zero-order chi connectivity index (χ0) is 20.1. The summed E-state index contributed by atoms with van der Waals surface area (Å²) in [6.45, 7) is 5.04. The predicted molar refractivity (Wildman–Crippen MR) is 107 cm³/mol. The highest BCUT2D eigenvalue weighted by Gasteiger charge is 2.27. The van der Waals surface area contributed by atoms with Crippen molar-refractivity contribution in [3.05, 3.63) is 65.7 Å². The Labute approximate surface area is 166 Å². The molecule has 1 aliphatic heterocycles. The molecule has 2 aromatic rings. The number of ether oxygens (including phenoxy) is 1. The maximum Gasteiger partial charge on any atom is 0.248 e. The highest BCUT2D eigenvalue weighted by Crippen LogP contribution is 2.17. The largest absolute Gasteiger partial charge is 0.365 e. The fourth-order valence-corrected chi connectivity index (χ4v) is 4.14. The molecule has 150 valence electrons. The summed E-state index contributed by atoms with van der Waals surface area (Å²) < 4.78 is 33.2. The topological polar surface area (TPSA) is 75.7 Å². The fourth-order valence-electron chi connectivity index (χ4n) is 3.08. The minimum atomic E-state index is -3.63. The number of benzene rings is 2. The third-order valence-corrected chi connectivity index (χ3v) is 6.23. The number of carbonyl (C=O) groups is 1. The van der Waals surface area contributed by atoms with E-state index < -0.39 is 10.0 Å². The van der Waals surface area contributed by atoms with Gasteiger partial charge in [0.25, 0.3) is 0 Å². The highest BCUT2D eigenvalue weighted by atomic mass is 32.2. The average molecular weight is 403 g/mol. The van der Waals surface area contributed by atoms with Gasteiger partial charge in [0, 0.05) is 19.6 Å². The van der Waals surface area contributed by atoms with Crippen molar-refractivity contribution in [3.8, 4) is 0 Å². The normalized spacial score (nSPS) is 17.9. The van der Waals surface area contributed by atoms with E-state index in [0.29, 0.717) is 19.0 Å². The fraction of sp³-hybridized carbons (Fsp3) is 0.381. The van der Waals surface area contributed by atoms with E-state index in [4.69, 9.17) is 4.74 Å². The van der Waals surface area contributed by atoms with Crippen LogP contribution in [0.2, 0.25) is 0 Å². The minimum Gasteiger partial charge on any atom is -0.365 e. The second-order valence-corrected chi connectivity index (χ2v) is 9.04. The molecule has 1 aliphatic rings. The van der Waals surface area contributed by atoms with Crippen molar-refractivity contribution < 1.29 is 17.9 Å². The lowest BCUT2D eigenvalue weighted by Gasteiger charge is -2.33. The summed E-state index contributed by atoms with van der Waals surface area (Å²) in [5.41, 5.74) is 2.12. The van der Waals surface area contributed by atoms with Crippen molar-refractivity contribution in [2.24, 2.45) is 0 Å². The maximum absolute atomic E-state index is 12.5. The molecule has 28 heavy (non-hydrogen) atoms. The Kier molecular flexibility index (Phi) is 6.49. The Morgan fingerprint density at radius 1 is 1.11 bits per heavy atom. The van der Waals surface area contributed by atoms with Crippen LogP contribution in [0.3, 0.4) is 0 Å². The maximum atomic E-state index is 12.5. The molecular weight excluding hydrogens is 376 g/mol. The third-order valence-electron chi connectivity index (χ3n) is 4.79. The van der Waals surface area contributed by atoms with Crippen molar-refractivity contribution in [2.75, 3.05) is 19.7 Å². The molecule has 6 nitrogen and oxygen atoms in total. The first-order valence-electron chi connectivity index (χ1n) is 9.38. The monoisotopic (exact) mass is 402 g/mol. The predicted octanol–water partition coefficient (Wildman–Crippen LogP) is 2.52. The van der Waals surface area contributed by atoms with Crippen LogP contribution in [-0.2, 0) is 26.1 Å². The Morgan fingerprint density at radius 2 is 1.79 bits per heavy atom. The van der Waals surface area contributed by atoms with Gasteiger partial charge in [0.05, 0.1) is 11.0 Å². The molecule has 0 bridgehead atoms. The van der Waals surface area contributed by atoms with Crippen LogP contribution in [0.4, 0.5) is 0 Å². The van der Waals surface area contributed by atoms with Crippen LogP contribution < -0.4 is 4.72 Å². The number of morpholine rings is 1. The minimum absolute atomic E-state index is 0.0394. The third kappa shape index (κ3) is 5.19. The summed E-state index contributed by atoms with van der Waals surface area (Å²) in [6, 6.07) is 16.6. The van der Waals surface area contributed by atoms with E-state index in [1.54, 1.807) is 17.0 Å². The number of rotatable bonds is 7. The summed E-state index contributed by atoms with van der Waals surface area (Å²) in [7, 11) is -3.63. The van der Waals surface area contributed by atoms with Crippen molar-refractivity contribution in [1.82, 2.24) is 9.62 Å². The Balaban J connectivity index is 1.59. The summed E-state index contributed by atoms with van der Waals surface area (Å²) in [4.78, 5) is 14.0. The first-order valence-corrected chi connectivity index (χ1v) is 10.9. The SMILES string of the molecule is CC(C)c1ccc(S(=O)(=O)NCC2CN(Cc3ccccc3)C(=O)CO2)cc1. The van der Waals surface area contributed by atoms with Crippen molar-refractivity contribution in [2.45, 2.75) is 37.3 Å². The average Bonchev–Trinajstić information content (AvgIpc) is 2.69. The van der Waals surface area contributed by atoms with Gasteiger partial charge < -0.3 is 9.64 Å². The van der Waals surface area contributed by atoms with Gasteiger partial charge in [-0.15, -0.1) is 0 Å². The van der Waals surface area contributed by atoms with Crippen molar-refractivity contribution in [3.63, 3.8) is 0 Å². The van der Waals surface area contributed by atoms with E-state index in [9.17, 15) is 13.2 Å². The van der Waals surface area contributed by atoms with Crippen LogP contribution in [0.15, 0.2) is 59.5 Å². The molecule has 1 atom stereocenters. The number of carbonyl (C=O) groups excluding carboxylic acids is 1. The Bertz CT molecular complexity index is 896. The van der Waals surface area contributed by atoms with E-state index in [2.05, 4.69) is 18.6 Å². The van der Waals surface area contributed by atoms with Gasteiger partial charge in [-0.3, -0.25) is 4.79 Å². The highest BCUT2D eigenvalue weighted by molar-refractivity contribution is 7.89. The van der Waals surface area contributed by atoms with Gasteiger partial charge in [-0.1, -0.05) is 56.3 Å². The number of hydrogen-bond donors (Lipinski definition) is 1. The molecule has 0 aliphatic carbocycles. The molecule has 1 fully saturated rings. The van der Waals surface area contributed by atoms with Crippen LogP contribution in [-0.4, -0.2) is 45.0 Å². The van der Waals surface area contributed by atoms with E-state index in [-0.39, 0.29) is 30.1 Å². The first-order chi connectivity index (χ1) is 13.3. The van der Waals surface area contributed by atoms with Crippen LogP contribution >= 0.6 is 0 Å².